The van der Waals surface area contributed by atoms with Gasteiger partial charge in [0.2, 0.25) is 0 Å². The summed E-state index contributed by atoms with van der Waals surface area (Å²) in [5.41, 5.74) is 5.84. The number of nitrogens with zero attached hydrogens (tertiary/aromatic N) is 3. The van der Waals surface area contributed by atoms with Crippen LogP contribution in [0.1, 0.15) is 11.1 Å². The lowest BCUT2D eigenvalue weighted by atomic mass is 10.0. The first kappa shape index (κ1) is 26.2. The van der Waals surface area contributed by atoms with Crippen molar-refractivity contribution < 1.29 is 13.9 Å². The van der Waals surface area contributed by atoms with Crippen LogP contribution in [0, 0.1) is 5.82 Å². The van der Waals surface area contributed by atoms with Gasteiger partial charge in [0.05, 0.1) is 23.8 Å². The van der Waals surface area contributed by atoms with Crippen LogP contribution in [0.4, 0.5) is 15.9 Å². The van der Waals surface area contributed by atoms with Gasteiger partial charge in [0, 0.05) is 30.7 Å². The van der Waals surface area contributed by atoms with E-state index in [2.05, 4.69) is 56.6 Å². The zero-order valence-electron chi connectivity index (χ0n) is 21.8. The molecule has 0 amide bonds. The number of hydrogen-bond donors (Lipinski definition) is 1. The predicted octanol–water partition coefficient (Wildman–Crippen LogP) is 7.24. The normalized spacial score (nSPS) is 13.8. The summed E-state index contributed by atoms with van der Waals surface area (Å²) in [5, 5.41) is 4.72. The fourth-order valence-corrected chi connectivity index (χ4v) is 5.01. The average Bonchev–Trinajstić information content (AvgIpc) is 2.98. The zero-order chi connectivity index (χ0) is 27.3. The number of anilines is 2. The first-order valence-corrected chi connectivity index (χ1v) is 13.6. The fraction of sp³-hybridized carbons (Fsp3) is 0.188. The fourth-order valence-electron chi connectivity index (χ4n) is 4.78. The number of rotatable bonds is 8. The maximum Gasteiger partial charge on any atom is 0.141 e. The Labute approximate surface area is 237 Å². The number of halogens is 2. The Morgan fingerprint density at radius 1 is 0.875 bits per heavy atom. The van der Waals surface area contributed by atoms with E-state index in [1.54, 1.807) is 30.6 Å². The largest absolute Gasteiger partial charge is 0.487 e. The van der Waals surface area contributed by atoms with E-state index < -0.39 is 0 Å². The van der Waals surface area contributed by atoms with Gasteiger partial charge in [-0.2, -0.15) is 0 Å². The topological polar surface area (TPSA) is 59.5 Å². The molecule has 0 bridgehead atoms. The molecule has 1 aromatic heterocycles. The van der Waals surface area contributed by atoms with Gasteiger partial charge in [-0.25, -0.2) is 14.4 Å². The van der Waals surface area contributed by atoms with Gasteiger partial charge in [-0.1, -0.05) is 54.1 Å². The summed E-state index contributed by atoms with van der Waals surface area (Å²) >= 11 is 6.51. The minimum atomic E-state index is -0.298. The van der Waals surface area contributed by atoms with Gasteiger partial charge in [-0.15, -0.1) is 0 Å². The molecular weight excluding hydrogens is 527 g/mol. The highest BCUT2D eigenvalue weighted by Crippen LogP contribution is 2.32. The van der Waals surface area contributed by atoms with Crippen LogP contribution < -0.4 is 10.1 Å². The van der Waals surface area contributed by atoms with E-state index >= 15 is 0 Å². The van der Waals surface area contributed by atoms with Crippen molar-refractivity contribution in [2.24, 2.45) is 0 Å². The van der Waals surface area contributed by atoms with Crippen molar-refractivity contribution >= 4 is 34.0 Å². The lowest BCUT2D eigenvalue weighted by Crippen LogP contribution is -2.35. The minimum absolute atomic E-state index is 0.220. The Balaban J connectivity index is 1.18. The Kier molecular flexibility index (Phi) is 7.86. The summed E-state index contributed by atoms with van der Waals surface area (Å²) in [5.74, 6) is 0.899. The number of ether oxygens (including phenoxy) is 2. The van der Waals surface area contributed by atoms with Crippen LogP contribution in [0.3, 0.4) is 0 Å². The first-order chi connectivity index (χ1) is 19.6. The number of hydrogen-bond acceptors (Lipinski definition) is 6. The second-order valence-corrected chi connectivity index (χ2v) is 10.1. The van der Waals surface area contributed by atoms with Crippen LogP contribution in [0.5, 0.6) is 5.75 Å². The molecule has 40 heavy (non-hydrogen) atoms. The summed E-state index contributed by atoms with van der Waals surface area (Å²) in [6, 6.07) is 26.7. The lowest BCUT2D eigenvalue weighted by Gasteiger charge is -2.26. The third-order valence-corrected chi connectivity index (χ3v) is 7.21. The van der Waals surface area contributed by atoms with Gasteiger partial charge in [-0.05, 0) is 64.7 Å². The molecule has 0 radical (unpaired) electrons. The van der Waals surface area contributed by atoms with E-state index in [1.165, 1.54) is 17.7 Å². The number of nitrogens with one attached hydrogen (secondary N) is 1. The molecule has 2 heterocycles. The van der Waals surface area contributed by atoms with Crippen LogP contribution in [-0.4, -0.2) is 41.2 Å². The standard InChI is InChI=1S/C32H28ClFN4O2/c33-29-18-27(9-11-31(29)40-20-23-2-1-3-26(34)16-23)37-32-28-17-25(8-10-30(28)35-21-36-32)24-6-4-22(5-7-24)19-38-12-14-39-15-13-38/h1-11,16-18,21H,12-15,19-20H2,(H,35,36,37). The zero-order valence-corrected chi connectivity index (χ0v) is 22.6. The van der Waals surface area contributed by atoms with Crippen molar-refractivity contribution in [2.45, 2.75) is 13.2 Å². The molecule has 0 unspecified atom stereocenters. The maximum absolute atomic E-state index is 13.5. The molecule has 5 aromatic rings. The number of aromatic nitrogens is 2. The monoisotopic (exact) mass is 554 g/mol. The van der Waals surface area contributed by atoms with Gasteiger partial charge in [-0.3, -0.25) is 4.90 Å². The van der Waals surface area contributed by atoms with Crippen molar-refractivity contribution in [2.75, 3.05) is 31.6 Å². The van der Waals surface area contributed by atoms with Gasteiger partial charge >= 0.3 is 0 Å². The van der Waals surface area contributed by atoms with Gasteiger partial charge < -0.3 is 14.8 Å². The highest BCUT2D eigenvalue weighted by Gasteiger charge is 2.12. The number of fused-ring (bicyclic) bond motifs is 1. The van der Waals surface area contributed by atoms with Crippen LogP contribution in [0.15, 0.2) is 91.3 Å². The molecule has 1 aliphatic heterocycles. The second kappa shape index (κ2) is 12.0. The molecule has 1 aliphatic rings. The van der Waals surface area contributed by atoms with Crippen molar-refractivity contribution in [3.63, 3.8) is 0 Å². The SMILES string of the molecule is Fc1cccc(COc2ccc(Nc3ncnc4ccc(-c5ccc(CN6CCOCC6)cc5)cc34)cc2Cl)c1. The molecule has 1 N–H and O–H groups in total. The van der Waals surface area contributed by atoms with Crippen LogP contribution in [0.2, 0.25) is 5.02 Å². The highest BCUT2D eigenvalue weighted by molar-refractivity contribution is 6.32. The summed E-state index contributed by atoms with van der Waals surface area (Å²) in [6.45, 7) is 4.69. The molecule has 202 valence electrons. The summed E-state index contributed by atoms with van der Waals surface area (Å²) < 4.78 is 24.7. The molecule has 4 aromatic carbocycles. The molecule has 0 atom stereocenters. The molecule has 1 fully saturated rings. The Morgan fingerprint density at radius 2 is 1.70 bits per heavy atom. The smallest absolute Gasteiger partial charge is 0.141 e. The molecule has 0 saturated carbocycles. The molecule has 6 nitrogen and oxygen atoms in total. The van der Waals surface area contributed by atoms with E-state index in [0.717, 1.165) is 66.1 Å². The van der Waals surface area contributed by atoms with E-state index in [0.29, 0.717) is 16.6 Å². The molecule has 1 saturated heterocycles. The minimum Gasteiger partial charge on any atom is -0.487 e. The highest BCUT2D eigenvalue weighted by atomic mass is 35.5. The summed E-state index contributed by atoms with van der Waals surface area (Å²) in [7, 11) is 0. The molecular formula is C32H28ClFN4O2. The Hall–Kier alpha value is -4.04. The van der Waals surface area contributed by atoms with Crippen molar-refractivity contribution in [3.05, 3.63) is 113 Å². The van der Waals surface area contributed by atoms with E-state index in [-0.39, 0.29) is 12.4 Å². The van der Waals surface area contributed by atoms with Crippen LogP contribution in [0.25, 0.3) is 22.0 Å². The van der Waals surface area contributed by atoms with Gasteiger partial charge in [0.15, 0.2) is 0 Å². The predicted molar refractivity (Wildman–Crippen MR) is 157 cm³/mol. The van der Waals surface area contributed by atoms with Crippen LogP contribution in [-0.2, 0) is 17.9 Å². The second-order valence-electron chi connectivity index (χ2n) is 9.73. The average molecular weight is 555 g/mol. The number of morpholine rings is 1. The molecule has 6 rings (SSSR count). The molecule has 0 aliphatic carbocycles. The molecule has 0 spiro atoms. The summed E-state index contributed by atoms with van der Waals surface area (Å²) in [6.07, 6.45) is 1.54. The maximum atomic E-state index is 13.5. The Bertz CT molecular complexity index is 1620. The quantitative estimate of drug-likeness (QED) is 0.218. The lowest BCUT2D eigenvalue weighted by molar-refractivity contribution is 0.0342. The first-order valence-electron chi connectivity index (χ1n) is 13.2. The van der Waals surface area contributed by atoms with E-state index in [4.69, 9.17) is 21.1 Å². The van der Waals surface area contributed by atoms with Crippen LogP contribution >= 0.6 is 11.6 Å². The van der Waals surface area contributed by atoms with E-state index in [1.807, 2.05) is 12.1 Å². The van der Waals surface area contributed by atoms with E-state index in [9.17, 15) is 4.39 Å². The van der Waals surface area contributed by atoms with Crippen molar-refractivity contribution in [1.82, 2.24) is 14.9 Å². The van der Waals surface area contributed by atoms with Gasteiger partial charge in [0.1, 0.15) is 30.3 Å². The molecule has 8 heteroatoms. The number of benzene rings is 4. The van der Waals surface area contributed by atoms with Crippen molar-refractivity contribution in [3.8, 4) is 16.9 Å². The third kappa shape index (κ3) is 6.23. The van der Waals surface area contributed by atoms with Gasteiger partial charge in [0.25, 0.3) is 0 Å². The third-order valence-electron chi connectivity index (χ3n) is 6.91. The van der Waals surface area contributed by atoms with Crippen molar-refractivity contribution in [1.29, 1.82) is 0 Å². The Morgan fingerprint density at radius 3 is 2.50 bits per heavy atom. The summed E-state index contributed by atoms with van der Waals surface area (Å²) in [4.78, 5) is 11.4.